The molecular formula is C36H45Cl2N11O12S2. The molecular weight excluding hydrogens is 914 g/mol. The number of nitrogen functional groups attached to an aromatic ring is 1. The van der Waals surface area contributed by atoms with Crippen LogP contribution in [0.3, 0.4) is 0 Å². The van der Waals surface area contributed by atoms with E-state index in [1.807, 2.05) is 0 Å². The van der Waals surface area contributed by atoms with Crippen molar-refractivity contribution in [3.8, 4) is 0 Å². The van der Waals surface area contributed by atoms with Crippen molar-refractivity contribution in [1.29, 1.82) is 0 Å². The number of rotatable bonds is 28. The van der Waals surface area contributed by atoms with Gasteiger partial charge in [-0.1, -0.05) is 21.6 Å². The lowest BCUT2D eigenvalue weighted by Crippen LogP contribution is -2.49. The number of hydrogen-bond donors (Lipinski definition) is 9. The molecule has 3 rings (SSSR count). The number of halogens is 2. The lowest BCUT2D eigenvalue weighted by atomic mass is 10.1. The number of hydrogen-bond acceptors (Lipinski definition) is 17. The molecule has 0 aliphatic carbocycles. The number of alkyl halides is 2. The lowest BCUT2D eigenvalue weighted by Gasteiger charge is -2.20. The highest BCUT2D eigenvalue weighted by molar-refractivity contribution is 8.76. The summed E-state index contributed by atoms with van der Waals surface area (Å²) in [6.45, 7) is 0.372. The zero-order valence-corrected chi connectivity index (χ0v) is 36.4. The molecule has 0 spiro atoms. The molecule has 0 fully saturated rings. The van der Waals surface area contributed by atoms with E-state index in [-0.39, 0.29) is 73.0 Å². The van der Waals surface area contributed by atoms with E-state index in [0.717, 1.165) is 0 Å². The van der Waals surface area contributed by atoms with Crippen molar-refractivity contribution >= 4 is 116 Å². The van der Waals surface area contributed by atoms with Crippen molar-refractivity contribution in [1.82, 2.24) is 46.1 Å². The van der Waals surface area contributed by atoms with Gasteiger partial charge in [0.05, 0.1) is 25.0 Å². The molecule has 3 unspecified atom stereocenters. The molecule has 5 amide bonds. The van der Waals surface area contributed by atoms with E-state index in [1.54, 1.807) is 12.1 Å². The molecule has 3 atom stereocenters. The summed E-state index contributed by atoms with van der Waals surface area (Å²) < 4.78 is 5.20. The standard InChI is InChI=1S/C36H45Cl2N11O12S2/c37-9-12-49(13-10-38)36(60)61-15-16-62-63-19-25(31(54)40-11-14-50)45-27(52)7-5-23(33(56)57)44-26(51)8-6-24(34(58)59)46-30(53)20-1-3-21(4-2-20)41-17-22-18-42-29-28(43-22)32(55)48-35(39)47-29/h1-4,14,18,23-25,41H,5-13,15-17,19H2,(H,40,54)(H,44,51)(H,45,52)(H,46,53)(H,56,57)(H,58,59)(H3,39,42,47,48,55). The fourth-order valence-electron chi connectivity index (χ4n) is 5.20. The summed E-state index contributed by atoms with van der Waals surface area (Å²) in [5.41, 5.74) is 6.10. The number of carbonyl (C=O) groups excluding carboxylic acids is 6. The Morgan fingerprint density at radius 1 is 0.889 bits per heavy atom. The highest BCUT2D eigenvalue weighted by Crippen LogP contribution is 2.22. The van der Waals surface area contributed by atoms with Gasteiger partial charge < -0.3 is 57.0 Å². The number of carboxylic acids is 2. The molecule has 0 saturated heterocycles. The second-order valence-corrected chi connectivity index (χ2v) is 16.3. The molecule has 27 heteroatoms. The van der Waals surface area contributed by atoms with E-state index in [4.69, 9.17) is 33.7 Å². The minimum Gasteiger partial charge on any atom is -0.480 e. The van der Waals surface area contributed by atoms with Crippen molar-refractivity contribution in [2.75, 3.05) is 60.6 Å². The Bertz CT molecular complexity index is 2130. The fraction of sp³-hybridized carbons (Fsp3) is 0.444. The Kier molecular flexibility index (Phi) is 22.2. The zero-order chi connectivity index (χ0) is 46.3. The average Bonchev–Trinajstić information content (AvgIpc) is 3.25. The van der Waals surface area contributed by atoms with Gasteiger partial charge >= 0.3 is 18.0 Å². The number of nitrogens with zero attached hydrogens (tertiary/aromatic N) is 4. The third-order valence-electron chi connectivity index (χ3n) is 8.35. The van der Waals surface area contributed by atoms with Crippen LogP contribution >= 0.6 is 44.8 Å². The SMILES string of the molecule is Nc1nc2ncc(CNc3ccc(C(=O)NC(CCC(=O)NC(CCC(=O)NC(CSSCCOC(=O)N(CCCl)CCCl)C(=O)NCC=O)C(=O)O)C(=O)O)cc3)nc2c(=O)[nH]1. The average molecular weight is 959 g/mol. The normalized spacial score (nSPS) is 12.2. The minimum absolute atomic E-state index is 0.00212. The van der Waals surface area contributed by atoms with E-state index in [1.165, 1.54) is 44.8 Å². The van der Waals surface area contributed by atoms with Gasteiger partial charge in [-0.05, 0) is 37.1 Å². The predicted octanol–water partition coefficient (Wildman–Crippen LogP) is 0.318. The topological polar surface area (TPSA) is 347 Å². The maximum absolute atomic E-state index is 12.9. The van der Waals surface area contributed by atoms with Gasteiger partial charge in [0, 0.05) is 60.4 Å². The molecule has 342 valence electrons. The third kappa shape index (κ3) is 18.1. The maximum Gasteiger partial charge on any atom is 0.409 e. The third-order valence-corrected chi connectivity index (χ3v) is 11.1. The van der Waals surface area contributed by atoms with Crippen LogP contribution in [-0.2, 0) is 40.0 Å². The monoisotopic (exact) mass is 957 g/mol. The van der Waals surface area contributed by atoms with Gasteiger partial charge in [0.15, 0.2) is 11.2 Å². The minimum atomic E-state index is -1.57. The van der Waals surface area contributed by atoms with Crippen molar-refractivity contribution in [2.24, 2.45) is 0 Å². The van der Waals surface area contributed by atoms with Crippen molar-refractivity contribution in [3.63, 3.8) is 0 Å². The number of aliphatic carboxylic acids is 2. The molecule has 0 bridgehead atoms. The highest BCUT2D eigenvalue weighted by Gasteiger charge is 2.27. The van der Waals surface area contributed by atoms with E-state index in [9.17, 15) is 53.4 Å². The van der Waals surface area contributed by atoms with Crippen LogP contribution in [0.15, 0.2) is 35.3 Å². The van der Waals surface area contributed by atoms with Crippen LogP contribution in [-0.4, -0.2) is 151 Å². The van der Waals surface area contributed by atoms with Crippen molar-refractivity contribution in [3.05, 3.63) is 52.1 Å². The van der Waals surface area contributed by atoms with Crippen LogP contribution < -0.4 is 37.9 Å². The summed E-state index contributed by atoms with van der Waals surface area (Å²) in [6.07, 6.45) is -0.489. The lowest BCUT2D eigenvalue weighted by molar-refractivity contribution is -0.143. The first-order chi connectivity index (χ1) is 30.1. The summed E-state index contributed by atoms with van der Waals surface area (Å²) in [7, 11) is 2.40. The van der Waals surface area contributed by atoms with Gasteiger partial charge in [-0.2, -0.15) is 4.98 Å². The van der Waals surface area contributed by atoms with Gasteiger partial charge in [-0.25, -0.2) is 24.4 Å². The number of nitrogens with one attached hydrogen (secondary N) is 6. The molecule has 1 aromatic carbocycles. The number of carboxylic acid groups (broad SMARTS) is 2. The molecule has 2 aromatic heterocycles. The summed E-state index contributed by atoms with van der Waals surface area (Å²) in [5.74, 6) is -5.33. The zero-order valence-electron chi connectivity index (χ0n) is 33.3. The molecule has 0 radical (unpaired) electrons. The second kappa shape index (κ2) is 27.2. The van der Waals surface area contributed by atoms with E-state index in [0.29, 0.717) is 23.4 Å². The Labute approximate surface area is 376 Å². The Morgan fingerprint density at radius 3 is 2.11 bits per heavy atom. The van der Waals surface area contributed by atoms with Crippen LogP contribution in [0, 0.1) is 0 Å². The largest absolute Gasteiger partial charge is 0.480 e. The molecule has 2 heterocycles. The number of aromatic amines is 1. The van der Waals surface area contributed by atoms with E-state index >= 15 is 0 Å². The summed E-state index contributed by atoms with van der Waals surface area (Å²) in [5, 5.41) is 31.9. The highest BCUT2D eigenvalue weighted by atomic mass is 35.5. The van der Waals surface area contributed by atoms with Crippen LogP contribution in [0.4, 0.5) is 16.4 Å². The molecule has 63 heavy (non-hydrogen) atoms. The number of H-pyrrole nitrogens is 1. The quantitative estimate of drug-likeness (QED) is 0.0205. The van der Waals surface area contributed by atoms with Crippen LogP contribution in [0.25, 0.3) is 11.2 Å². The molecule has 0 aliphatic heterocycles. The van der Waals surface area contributed by atoms with E-state index in [2.05, 4.69) is 46.5 Å². The van der Waals surface area contributed by atoms with Gasteiger partial charge in [0.2, 0.25) is 23.7 Å². The summed E-state index contributed by atoms with van der Waals surface area (Å²) >= 11 is 11.4. The molecule has 0 aliphatic rings. The summed E-state index contributed by atoms with van der Waals surface area (Å²) in [6, 6.07) is 1.69. The van der Waals surface area contributed by atoms with Crippen LogP contribution in [0.2, 0.25) is 0 Å². The number of aldehydes is 1. The van der Waals surface area contributed by atoms with Gasteiger partial charge in [-0.15, -0.1) is 23.2 Å². The number of anilines is 2. The number of nitrogens with two attached hydrogens (primary N) is 1. The summed E-state index contributed by atoms with van der Waals surface area (Å²) in [4.78, 5) is 126. The number of aromatic nitrogens is 4. The van der Waals surface area contributed by atoms with Gasteiger partial charge in [0.25, 0.3) is 11.5 Å². The number of benzene rings is 1. The Balaban J connectivity index is 1.45. The van der Waals surface area contributed by atoms with Gasteiger partial charge in [-0.3, -0.25) is 29.0 Å². The number of ether oxygens (including phenoxy) is 1. The first-order valence-corrected chi connectivity index (χ1v) is 22.4. The van der Waals surface area contributed by atoms with Crippen LogP contribution in [0.5, 0.6) is 0 Å². The maximum atomic E-state index is 12.9. The van der Waals surface area contributed by atoms with Gasteiger partial charge in [0.1, 0.15) is 31.0 Å². The van der Waals surface area contributed by atoms with Crippen LogP contribution in [0.1, 0.15) is 41.7 Å². The smallest absolute Gasteiger partial charge is 0.409 e. The Hall–Kier alpha value is -5.92. The number of fused-ring (bicyclic) bond motifs is 1. The Morgan fingerprint density at radius 2 is 1.51 bits per heavy atom. The number of amides is 5. The van der Waals surface area contributed by atoms with Crippen molar-refractivity contribution in [2.45, 2.75) is 50.4 Å². The van der Waals surface area contributed by atoms with Crippen molar-refractivity contribution < 1.29 is 53.3 Å². The molecule has 23 nitrogen and oxygen atoms in total. The number of carbonyl (C=O) groups is 8. The molecule has 3 aromatic rings. The fourth-order valence-corrected chi connectivity index (χ4v) is 7.60. The second-order valence-electron chi connectivity index (χ2n) is 12.9. The first-order valence-electron chi connectivity index (χ1n) is 18.9. The molecule has 0 saturated carbocycles. The first kappa shape index (κ1) is 51.4. The molecule has 10 N–H and O–H groups in total. The predicted molar refractivity (Wildman–Crippen MR) is 233 cm³/mol. The van der Waals surface area contributed by atoms with E-state index < -0.39 is 91.0 Å².